The fourth-order valence-corrected chi connectivity index (χ4v) is 4.97. The van der Waals surface area contributed by atoms with Crippen molar-refractivity contribution in [3.05, 3.63) is 101 Å². The van der Waals surface area contributed by atoms with Crippen LogP contribution in [0.15, 0.2) is 72.9 Å². The second kappa shape index (κ2) is 9.72. The van der Waals surface area contributed by atoms with Crippen molar-refractivity contribution in [2.75, 3.05) is 18.0 Å². The number of nitrogens with one attached hydrogen (secondary N) is 1. The first-order valence-corrected chi connectivity index (χ1v) is 12.3. The largest absolute Gasteiger partial charge is 0.371 e. The van der Waals surface area contributed by atoms with Crippen molar-refractivity contribution < 1.29 is 4.79 Å². The molecule has 0 saturated carbocycles. The monoisotopic (exact) mass is 452 g/mol. The summed E-state index contributed by atoms with van der Waals surface area (Å²) in [6.07, 6.45) is 5.02. The van der Waals surface area contributed by atoms with Crippen molar-refractivity contribution >= 4 is 17.2 Å². The molecule has 0 unspecified atom stereocenters. The molecular weight excluding hydrogens is 420 g/mol. The van der Waals surface area contributed by atoms with Crippen molar-refractivity contribution in [3.63, 3.8) is 0 Å². The van der Waals surface area contributed by atoms with Crippen LogP contribution in [0, 0.1) is 6.92 Å². The lowest BCUT2D eigenvalue weighted by Gasteiger charge is -2.34. The maximum absolute atomic E-state index is 13.0. The minimum Gasteiger partial charge on any atom is -0.371 e. The number of carbonyl (C=O) groups is 1. The van der Waals surface area contributed by atoms with Crippen LogP contribution in [0.1, 0.15) is 58.6 Å². The summed E-state index contributed by atoms with van der Waals surface area (Å²) >= 11 is 0. The third kappa shape index (κ3) is 4.56. The van der Waals surface area contributed by atoms with Crippen LogP contribution in [0.3, 0.4) is 0 Å². The zero-order valence-electron chi connectivity index (χ0n) is 20.0. The zero-order valence-corrected chi connectivity index (χ0v) is 20.0. The van der Waals surface area contributed by atoms with Crippen LogP contribution in [-0.4, -0.2) is 28.4 Å². The molecular formula is C29H32N4O. The van der Waals surface area contributed by atoms with Crippen molar-refractivity contribution in [1.82, 2.24) is 14.7 Å². The highest BCUT2D eigenvalue weighted by molar-refractivity contribution is 5.94. The molecule has 174 valence electrons. The lowest BCUT2D eigenvalue weighted by atomic mass is 9.89. The lowest BCUT2D eigenvalue weighted by molar-refractivity contribution is 0.0944. The van der Waals surface area contributed by atoms with Crippen molar-refractivity contribution in [3.8, 4) is 0 Å². The number of nitrogens with zero attached hydrogens (tertiary/aromatic N) is 3. The van der Waals surface area contributed by atoms with Crippen LogP contribution in [-0.2, 0) is 13.0 Å². The normalized spacial score (nSPS) is 14.5. The number of aryl methyl sites for hydroxylation is 2. The zero-order chi connectivity index (χ0) is 23.5. The Bertz CT molecular complexity index is 1270. The molecule has 1 N–H and O–H groups in total. The third-order valence-corrected chi connectivity index (χ3v) is 6.92. The molecule has 5 heteroatoms. The summed E-state index contributed by atoms with van der Waals surface area (Å²) in [4.78, 5) is 20.2. The highest BCUT2D eigenvalue weighted by Gasteiger charge is 2.21. The Morgan fingerprint density at radius 2 is 1.76 bits per heavy atom. The van der Waals surface area contributed by atoms with Gasteiger partial charge >= 0.3 is 0 Å². The number of aromatic nitrogens is 2. The molecule has 2 aromatic carbocycles. The Morgan fingerprint density at radius 3 is 2.47 bits per heavy atom. The molecule has 1 aliphatic rings. The maximum Gasteiger partial charge on any atom is 0.270 e. The second-order valence-corrected chi connectivity index (χ2v) is 9.21. The minimum absolute atomic E-state index is 0.0831. The quantitative estimate of drug-likeness (QED) is 0.419. The van der Waals surface area contributed by atoms with E-state index in [1.807, 2.05) is 36.6 Å². The molecule has 5 rings (SSSR count). The van der Waals surface area contributed by atoms with Crippen molar-refractivity contribution in [2.24, 2.45) is 0 Å². The number of anilines is 1. The fraction of sp³-hybridized carbons (Fsp3) is 0.310. The Labute approximate surface area is 201 Å². The van der Waals surface area contributed by atoms with E-state index in [4.69, 9.17) is 0 Å². The lowest BCUT2D eigenvalue weighted by Crippen LogP contribution is -2.32. The summed E-state index contributed by atoms with van der Waals surface area (Å²) in [5.74, 6) is 0.573. The van der Waals surface area contributed by atoms with Gasteiger partial charge < -0.3 is 10.2 Å². The number of rotatable bonds is 6. The molecule has 1 amide bonds. The highest BCUT2D eigenvalue weighted by Crippen LogP contribution is 2.30. The molecule has 2 aromatic heterocycles. The molecule has 0 aliphatic carbocycles. The van der Waals surface area contributed by atoms with Gasteiger partial charge in [-0.05, 0) is 73.1 Å². The molecule has 1 aliphatic heterocycles. The predicted molar refractivity (Wildman–Crippen MR) is 138 cm³/mol. The molecule has 0 radical (unpaired) electrons. The number of benzene rings is 2. The molecule has 3 heterocycles. The number of carbonyl (C=O) groups excluding carboxylic acids is 1. The van der Waals surface area contributed by atoms with Crippen LogP contribution >= 0.6 is 0 Å². The smallest absolute Gasteiger partial charge is 0.270 e. The van der Waals surface area contributed by atoms with E-state index < -0.39 is 0 Å². The summed E-state index contributed by atoms with van der Waals surface area (Å²) in [5.41, 5.74) is 7.23. The molecule has 1 saturated heterocycles. The Hall–Kier alpha value is -3.60. The van der Waals surface area contributed by atoms with E-state index in [1.165, 1.54) is 24.1 Å². The van der Waals surface area contributed by atoms with E-state index in [0.29, 0.717) is 18.2 Å². The Balaban J connectivity index is 1.20. The number of pyridine rings is 1. The maximum atomic E-state index is 13.0. The topological polar surface area (TPSA) is 49.6 Å². The first kappa shape index (κ1) is 22.2. The van der Waals surface area contributed by atoms with Gasteiger partial charge in [-0.3, -0.25) is 9.20 Å². The standard InChI is InChI=1S/C29H32N4O/c1-3-26-28(33-18-13-21(2)19-27(33)31-26)29(34)30-20-22-9-11-25(12-10-22)32-16-14-24(15-17-32)23-7-5-4-6-8-23/h4-13,18-19,24H,3,14-17,20H2,1-2H3,(H,30,34). The second-order valence-electron chi connectivity index (χ2n) is 9.21. The average Bonchev–Trinajstić information content (AvgIpc) is 3.26. The number of piperidine rings is 1. The van der Waals surface area contributed by atoms with E-state index in [1.54, 1.807) is 0 Å². The molecule has 5 nitrogen and oxygen atoms in total. The Morgan fingerprint density at radius 1 is 1.03 bits per heavy atom. The number of imidazole rings is 1. The van der Waals surface area contributed by atoms with Crippen LogP contribution in [0.2, 0.25) is 0 Å². The summed E-state index contributed by atoms with van der Waals surface area (Å²) < 4.78 is 1.89. The van der Waals surface area contributed by atoms with Crippen LogP contribution in [0.4, 0.5) is 5.69 Å². The summed E-state index contributed by atoms with van der Waals surface area (Å²) in [6.45, 7) is 6.71. The van der Waals surface area contributed by atoms with Crippen molar-refractivity contribution in [1.29, 1.82) is 0 Å². The number of amides is 1. The summed E-state index contributed by atoms with van der Waals surface area (Å²) in [6, 6.07) is 23.5. The van der Waals surface area contributed by atoms with Gasteiger partial charge in [0.25, 0.3) is 5.91 Å². The van der Waals surface area contributed by atoms with E-state index >= 15 is 0 Å². The first-order valence-electron chi connectivity index (χ1n) is 12.3. The van der Waals surface area contributed by atoms with Gasteiger partial charge in [0.15, 0.2) is 0 Å². The molecule has 0 atom stereocenters. The van der Waals surface area contributed by atoms with E-state index in [0.717, 1.165) is 42.0 Å². The number of hydrogen-bond acceptors (Lipinski definition) is 3. The molecule has 0 spiro atoms. The van der Waals surface area contributed by atoms with E-state index in [-0.39, 0.29) is 5.91 Å². The molecule has 1 fully saturated rings. The van der Waals surface area contributed by atoms with Gasteiger partial charge in [-0.25, -0.2) is 4.98 Å². The molecule has 0 bridgehead atoms. The van der Waals surface area contributed by atoms with Crippen molar-refractivity contribution in [2.45, 2.75) is 45.6 Å². The number of hydrogen-bond donors (Lipinski definition) is 1. The minimum atomic E-state index is -0.0831. The fourth-order valence-electron chi connectivity index (χ4n) is 4.97. The first-order chi connectivity index (χ1) is 16.6. The van der Waals surface area contributed by atoms with E-state index in [2.05, 4.69) is 69.8 Å². The SMILES string of the molecule is CCc1nc2cc(C)ccn2c1C(=O)NCc1ccc(N2CCC(c3ccccc3)CC2)cc1. The highest BCUT2D eigenvalue weighted by atomic mass is 16.1. The Kier molecular flexibility index (Phi) is 6.35. The molecule has 4 aromatic rings. The van der Waals surface area contributed by atoms with Gasteiger partial charge in [0.2, 0.25) is 0 Å². The third-order valence-electron chi connectivity index (χ3n) is 6.92. The van der Waals surface area contributed by atoms with Gasteiger partial charge in [0.05, 0.1) is 5.69 Å². The summed E-state index contributed by atoms with van der Waals surface area (Å²) in [5, 5.41) is 3.09. The van der Waals surface area contributed by atoms with Gasteiger partial charge in [0.1, 0.15) is 11.3 Å². The average molecular weight is 453 g/mol. The molecule has 34 heavy (non-hydrogen) atoms. The van der Waals surface area contributed by atoms with Gasteiger partial charge in [0, 0.05) is 31.5 Å². The van der Waals surface area contributed by atoms with Crippen LogP contribution in [0.25, 0.3) is 5.65 Å². The van der Waals surface area contributed by atoms with Gasteiger partial charge in [-0.15, -0.1) is 0 Å². The van der Waals surface area contributed by atoms with Gasteiger partial charge in [-0.2, -0.15) is 0 Å². The van der Waals surface area contributed by atoms with E-state index in [9.17, 15) is 4.79 Å². The van der Waals surface area contributed by atoms with Crippen LogP contribution in [0.5, 0.6) is 0 Å². The number of fused-ring (bicyclic) bond motifs is 1. The van der Waals surface area contributed by atoms with Crippen LogP contribution < -0.4 is 10.2 Å². The summed E-state index contributed by atoms with van der Waals surface area (Å²) in [7, 11) is 0. The van der Waals surface area contributed by atoms with Gasteiger partial charge in [-0.1, -0.05) is 49.4 Å². The predicted octanol–water partition coefficient (Wildman–Crippen LogP) is 5.52.